The third-order valence-corrected chi connectivity index (χ3v) is 8.00. The molecular weight excluding hydrogens is 472 g/mol. The summed E-state index contributed by atoms with van der Waals surface area (Å²) in [6, 6.07) is 7.64. The van der Waals surface area contributed by atoms with Crippen LogP contribution in [0.15, 0.2) is 29.4 Å². The van der Waals surface area contributed by atoms with Crippen LogP contribution in [-0.2, 0) is 28.9 Å². The van der Waals surface area contributed by atoms with Gasteiger partial charge in [-0.1, -0.05) is 30.8 Å². The number of carbonyl (C=O) groups excluding carboxylic acids is 2. The molecule has 34 heavy (non-hydrogen) atoms. The number of carbonyl (C=O) groups is 2. The quantitative estimate of drug-likeness (QED) is 0.354. The largest absolute Gasteiger partial charge is 0.496 e. The number of benzene rings is 1. The van der Waals surface area contributed by atoms with Crippen LogP contribution in [0.1, 0.15) is 41.1 Å². The van der Waals surface area contributed by atoms with E-state index >= 15 is 0 Å². The third kappa shape index (κ3) is 4.83. The van der Waals surface area contributed by atoms with Gasteiger partial charge in [0, 0.05) is 11.4 Å². The number of nitrogens with one attached hydrogen (secondary N) is 1. The van der Waals surface area contributed by atoms with Crippen molar-refractivity contribution >= 4 is 40.0 Å². The number of fused-ring (bicyclic) bond motifs is 1. The molecule has 1 atom stereocenters. The fourth-order valence-corrected chi connectivity index (χ4v) is 6.38. The number of hydrogen-bond donors (Lipinski definition) is 1. The molecule has 0 saturated heterocycles. The Kier molecular flexibility index (Phi) is 7.57. The second kappa shape index (κ2) is 10.6. The summed E-state index contributed by atoms with van der Waals surface area (Å²) in [5.41, 5.74) is 2.37. The van der Waals surface area contributed by atoms with Gasteiger partial charge in [-0.05, 0) is 49.8 Å². The van der Waals surface area contributed by atoms with Crippen LogP contribution in [0.3, 0.4) is 0 Å². The van der Waals surface area contributed by atoms with Crippen molar-refractivity contribution in [2.45, 2.75) is 44.8 Å². The van der Waals surface area contributed by atoms with Crippen LogP contribution in [0.2, 0.25) is 0 Å². The van der Waals surface area contributed by atoms with E-state index in [1.165, 1.54) is 30.2 Å². The summed E-state index contributed by atoms with van der Waals surface area (Å²) in [7, 11) is 2.99. The van der Waals surface area contributed by atoms with Gasteiger partial charge in [-0.2, -0.15) is 0 Å². The van der Waals surface area contributed by atoms with Crippen molar-refractivity contribution in [3.05, 3.63) is 40.3 Å². The first-order chi connectivity index (χ1) is 16.5. The van der Waals surface area contributed by atoms with Crippen LogP contribution in [0.4, 0.5) is 5.00 Å². The highest BCUT2D eigenvalue weighted by Crippen LogP contribution is 2.40. The number of rotatable bonds is 8. The van der Waals surface area contributed by atoms with Gasteiger partial charge in [0.1, 0.15) is 10.8 Å². The van der Waals surface area contributed by atoms with Gasteiger partial charge in [0.05, 0.1) is 31.1 Å². The molecule has 0 aliphatic heterocycles. The molecular formula is C24H28N4O4S2. The summed E-state index contributed by atoms with van der Waals surface area (Å²) in [6.07, 6.45) is 2.77. The molecule has 10 heteroatoms. The fourth-order valence-electron chi connectivity index (χ4n) is 4.16. The Labute approximate surface area is 207 Å². The molecule has 0 bridgehead atoms. The number of aromatic nitrogens is 3. The van der Waals surface area contributed by atoms with Crippen LogP contribution in [0, 0.1) is 5.92 Å². The Morgan fingerprint density at radius 2 is 2.06 bits per heavy atom. The molecule has 180 valence electrons. The number of nitrogens with zero attached hydrogens (tertiary/aromatic N) is 3. The van der Waals surface area contributed by atoms with Crippen LogP contribution < -0.4 is 10.1 Å². The van der Waals surface area contributed by atoms with Gasteiger partial charge in [-0.3, -0.25) is 4.79 Å². The van der Waals surface area contributed by atoms with Gasteiger partial charge in [-0.15, -0.1) is 21.5 Å². The van der Waals surface area contributed by atoms with Gasteiger partial charge in [0.15, 0.2) is 11.0 Å². The molecule has 1 aromatic carbocycles. The molecule has 1 unspecified atom stereocenters. The van der Waals surface area contributed by atoms with Crippen molar-refractivity contribution in [1.82, 2.24) is 14.8 Å². The molecule has 8 nitrogen and oxygen atoms in total. The first-order valence-electron chi connectivity index (χ1n) is 11.2. The van der Waals surface area contributed by atoms with E-state index in [4.69, 9.17) is 9.47 Å². The number of thioether (sulfide) groups is 1. The molecule has 1 amide bonds. The average molecular weight is 501 g/mol. The molecule has 3 aromatic rings. The standard InChI is InChI=1S/C24H28N4O4S2/c1-5-28-21(15-8-6-7-9-17(15)31-3)26-27-24(28)33-13-19(29)25-22-20(23(30)32-4)16-11-10-14(2)12-18(16)34-22/h6-9,14H,5,10-13H2,1-4H3,(H,25,29). The highest BCUT2D eigenvalue weighted by atomic mass is 32.2. The van der Waals surface area contributed by atoms with E-state index in [9.17, 15) is 9.59 Å². The van der Waals surface area contributed by atoms with E-state index in [1.54, 1.807) is 7.11 Å². The number of amides is 1. The lowest BCUT2D eigenvalue weighted by Gasteiger charge is -2.18. The highest BCUT2D eigenvalue weighted by molar-refractivity contribution is 7.99. The molecule has 0 spiro atoms. The number of esters is 1. The zero-order chi connectivity index (χ0) is 24.2. The maximum Gasteiger partial charge on any atom is 0.341 e. The smallest absolute Gasteiger partial charge is 0.341 e. The lowest BCUT2D eigenvalue weighted by atomic mass is 9.88. The van der Waals surface area contributed by atoms with E-state index in [2.05, 4.69) is 22.4 Å². The second-order valence-corrected chi connectivity index (χ2v) is 10.2. The summed E-state index contributed by atoms with van der Waals surface area (Å²) < 4.78 is 12.4. The Morgan fingerprint density at radius 1 is 1.26 bits per heavy atom. The van der Waals surface area contributed by atoms with E-state index in [1.807, 2.05) is 35.8 Å². The molecule has 1 aliphatic rings. The van der Waals surface area contributed by atoms with Crippen molar-refractivity contribution in [3.8, 4) is 17.1 Å². The number of thiophene rings is 1. The number of ether oxygens (including phenoxy) is 2. The van der Waals surface area contributed by atoms with E-state index in [0.29, 0.717) is 39.8 Å². The summed E-state index contributed by atoms with van der Waals surface area (Å²) in [5, 5.41) is 12.8. The Bertz CT molecular complexity index is 1200. The van der Waals surface area contributed by atoms with Crippen molar-refractivity contribution in [3.63, 3.8) is 0 Å². The minimum atomic E-state index is -0.401. The average Bonchev–Trinajstić information content (AvgIpc) is 3.42. The maximum atomic E-state index is 12.8. The van der Waals surface area contributed by atoms with Crippen LogP contribution in [0.25, 0.3) is 11.4 Å². The van der Waals surface area contributed by atoms with Gasteiger partial charge in [0.2, 0.25) is 5.91 Å². The molecule has 2 aromatic heterocycles. The molecule has 2 heterocycles. The Morgan fingerprint density at radius 3 is 2.79 bits per heavy atom. The van der Waals surface area contributed by atoms with Crippen LogP contribution in [-0.4, -0.2) is 46.6 Å². The maximum absolute atomic E-state index is 12.8. The Hall–Kier alpha value is -2.85. The summed E-state index contributed by atoms with van der Waals surface area (Å²) in [5.74, 6) is 1.51. The topological polar surface area (TPSA) is 95.3 Å². The zero-order valence-corrected chi connectivity index (χ0v) is 21.3. The summed E-state index contributed by atoms with van der Waals surface area (Å²) >= 11 is 2.79. The van der Waals surface area contributed by atoms with Gasteiger partial charge < -0.3 is 19.4 Å². The predicted molar refractivity (Wildman–Crippen MR) is 134 cm³/mol. The number of methoxy groups -OCH3 is 2. The minimum Gasteiger partial charge on any atom is -0.496 e. The molecule has 0 fully saturated rings. The van der Waals surface area contributed by atoms with Gasteiger partial charge in [0.25, 0.3) is 0 Å². The molecule has 0 saturated carbocycles. The molecule has 1 aliphatic carbocycles. The van der Waals surface area contributed by atoms with Crippen LogP contribution in [0.5, 0.6) is 5.75 Å². The zero-order valence-electron chi connectivity index (χ0n) is 19.7. The van der Waals surface area contributed by atoms with Crippen molar-refractivity contribution in [2.75, 3.05) is 25.3 Å². The SMILES string of the molecule is CCn1c(SCC(=O)Nc2sc3c(c2C(=O)OC)CCC(C)C3)nnc1-c1ccccc1OC. The lowest BCUT2D eigenvalue weighted by Crippen LogP contribution is -2.17. The first kappa shape index (κ1) is 24.3. The van der Waals surface area contributed by atoms with Crippen molar-refractivity contribution in [2.24, 2.45) is 5.92 Å². The highest BCUT2D eigenvalue weighted by Gasteiger charge is 2.29. The normalized spacial score (nSPS) is 15.0. The minimum absolute atomic E-state index is 0.143. The first-order valence-corrected chi connectivity index (χ1v) is 13.0. The molecule has 4 rings (SSSR count). The van der Waals surface area contributed by atoms with E-state index in [-0.39, 0.29) is 11.7 Å². The molecule has 0 radical (unpaired) electrons. The predicted octanol–water partition coefficient (Wildman–Crippen LogP) is 4.68. The monoisotopic (exact) mass is 500 g/mol. The molecule has 1 N–H and O–H groups in total. The van der Waals surface area contributed by atoms with E-state index < -0.39 is 5.97 Å². The Balaban J connectivity index is 1.50. The third-order valence-electron chi connectivity index (χ3n) is 5.87. The van der Waals surface area contributed by atoms with E-state index in [0.717, 1.165) is 35.3 Å². The number of anilines is 1. The number of hydrogen-bond acceptors (Lipinski definition) is 8. The van der Waals surface area contributed by atoms with Gasteiger partial charge in [-0.25, -0.2) is 4.79 Å². The number of para-hydroxylation sites is 1. The van der Waals surface area contributed by atoms with Crippen LogP contribution >= 0.6 is 23.1 Å². The fraction of sp³-hybridized carbons (Fsp3) is 0.417. The van der Waals surface area contributed by atoms with Crippen molar-refractivity contribution < 1.29 is 19.1 Å². The second-order valence-electron chi connectivity index (χ2n) is 8.14. The summed E-state index contributed by atoms with van der Waals surface area (Å²) in [4.78, 5) is 26.5. The van der Waals surface area contributed by atoms with Crippen molar-refractivity contribution in [1.29, 1.82) is 0 Å². The summed E-state index contributed by atoms with van der Waals surface area (Å²) in [6.45, 7) is 4.86. The van der Waals surface area contributed by atoms with Gasteiger partial charge >= 0.3 is 5.97 Å². The lowest BCUT2D eigenvalue weighted by molar-refractivity contribution is -0.113.